The van der Waals surface area contributed by atoms with E-state index in [9.17, 15) is 9.18 Å². The maximum Gasteiger partial charge on any atom is 0.248 e. The number of hydrogen-bond acceptors (Lipinski definition) is 4. The van der Waals surface area contributed by atoms with Crippen LogP contribution < -0.4 is 0 Å². The zero-order chi connectivity index (χ0) is 22.5. The number of rotatable bonds is 9. The first-order chi connectivity index (χ1) is 14.8. The van der Waals surface area contributed by atoms with E-state index in [1.807, 2.05) is 17.9 Å². The lowest BCUT2D eigenvalue weighted by molar-refractivity contribution is -0.136. The summed E-state index contributed by atoms with van der Waals surface area (Å²) in [5.41, 5.74) is 2.14. The van der Waals surface area contributed by atoms with Crippen molar-refractivity contribution in [2.45, 2.75) is 40.2 Å². The molecule has 1 saturated heterocycles. The molecule has 2 heterocycles. The summed E-state index contributed by atoms with van der Waals surface area (Å²) in [5.74, 6) is 2.40. The predicted molar refractivity (Wildman–Crippen MR) is 119 cm³/mol. The predicted octanol–water partition coefficient (Wildman–Crippen LogP) is 4.38. The fourth-order valence-corrected chi connectivity index (χ4v) is 4.55. The first kappa shape index (κ1) is 23.5. The van der Waals surface area contributed by atoms with Crippen molar-refractivity contribution in [3.63, 3.8) is 0 Å². The molecule has 2 aromatic rings. The van der Waals surface area contributed by atoms with Gasteiger partial charge in [-0.1, -0.05) is 26.0 Å². The van der Waals surface area contributed by atoms with Gasteiger partial charge in [0.2, 0.25) is 5.91 Å². The van der Waals surface area contributed by atoms with E-state index in [-0.39, 0.29) is 30.2 Å². The fraction of sp³-hybridized carbons (Fsp3) is 0.560. The third kappa shape index (κ3) is 6.17. The van der Waals surface area contributed by atoms with Gasteiger partial charge in [-0.3, -0.25) is 9.69 Å². The van der Waals surface area contributed by atoms with Crippen LogP contribution in [0.25, 0.3) is 0 Å². The number of carbonyl (C=O) groups is 1. The number of ether oxygens (including phenoxy) is 1. The van der Waals surface area contributed by atoms with Gasteiger partial charge in [-0.05, 0) is 55.0 Å². The van der Waals surface area contributed by atoms with Crippen LogP contribution in [0.2, 0.25) is 0 Å². The van der Waals surface area contributed by atoms with Gasteiger partial charge in [-0.25, -0.2) is 4.39 Å². The average molecular weight is 431 g/mol. The Morgan fingerprint density at radius 3 is 2.68 bits per heavy atom. The maximum absolute atomic E-state index is 14.0. The van der Waals surface area contributed by atoms with Crippen LogP contribution in [0, 0.1) is 31.5 Å². The van der Waals surface area contributed by atoms with Gasteiger partial charge in [-0.15, -0.1) is 0 Å². The summed E-state index contributed by atoms with van der Waals surface area (Å²) in [6, 6.07) is 8.97. The molecule has 0 N–H and O–H groups in total. The third-order valence-corrected chi connectivity index (χ3v) is 6.05. The minimum absolute atomic E-state index is 0.00456. The van der Waals surface area contributed by atoms with Crippen LogP contribution in [0.5, 0.6) is 0 Å². The number of amides is 1. The van der Waals surface area contributed by atoms with Crippen molar-refractivity contribution in [3.8, 4) is 0 Å². The van der Waals surface area contributed by atoms with Crippen molar-refractivity contribution >= 4 is 5.91 Å². The summed E-state index contributed by atoms with van der Waals surface area (Å²) in [6.45, 7) is 12.0. The maximum atomic E-state index is 14.0. The van der Waals surface area contributed by atoms with Gasteiger partial charge in [-0.2, -0.15) is 0 Å². The van der Waals surface area contributed by atoms with E-state index < -0.39 is 0 Å². The van der Waals surface area contributed by atoms with Crippen LogP contribution in [-0.4, -0.2) is 55.6 Å². The number of furan rings is 1. The number of aryl methyl sites for hydroxylation is 2. The minimum Gasteiger partial charge on any atom is -0.465 e. The van der Waals surface area contributed by atoms with Crippen molar-refractivity contribution < 1.29 is 18.3 Å². The molecule has 1 aromatic heterocycles. The molecular formula is C25H35FN2O3. The second-order valence-corrected chi connectivity index (χ2v) is 9.19. The van der Waals surface area contributed by atoms with Gasteiger partial charge in [0.15, 0.2) is 0 Å². The monoisotopic (exact) mass is 430 g/mol. The van der Waals surface area contributed by atoms with Crippen LogP contribution >= 0.6 is 0 Å². The standard InChI is InChI=1S/C25H35FN2O3/c1-17(2)11-28(25(29)16-30-5)13-21-12-27(14-23-9-18(3)19(4)31-23)15-24(21)20-7-6-8-22(26)10-20/h6-10,17,21,24H,11-16H2,1-5H3. The second kappa shape index (κ2) is 10.4. The third-order valence-electron chi connectivity index (χ3n) is 6.05. The van der Waals surface area contributed by atoms with Crippen molar-refractivity contribution in [3.05, 3.63) is 58.8 Å². The molecule has 0 saturated carbocycles. The molecule has 0 aliphatic carbocycles. The molecular weight excluding hydrogens is 395 g/mol. The molecule has 0 radical (unpaired) electrons. The molecule has 0 spiro atoms. The first-order valence-electron chi connectivity index (χ1n) is 11.1. The zero-order valence-electron chi connectivity index (χ0n) is 19.4. The normalized spacial score (nSPS) is 19.3. The molecule has 1 aliphatic heterocycles. The number of methoxy groups -OCH3 is 1. The van der Waals surface area contributed by atoms with Gasteiger partial charge in [0.05, 0.1) is 6.54 Å². The zero-order valence-corrected chi connectivity index (χ0v) is 19.4. The number of benzene rings is 1. The van der Waals surface area contributed by atoms with Crippen LogP contribution in [0.3, 0.4) is 0 Å². The Bertz CT molecular complexity index is 860. The Hall–Kier alpha value is -2.18. The van der Waals surface area contributed by atoms with E-state index in [0.717, 1.165) is 35.7 Å². The molecule has 170 valence electrons. The van der Waals surface area contributed by atoms with Crippen LogP contribution in [-0.2, 0) is 16.1 Å². The lowest BCUT2D eigenvalue weighted by atomic mass is 9.88. The SMILES string of the molecule is COCC(=O)N(CC(C)C)CC1CN(Cc2cc(C)c(C)o2)CC1c1cccc(F)c1. The Balaban J connectivity index is 1.81. The van der Waals surface area contributed by atoms with E-state index in [0.29, 0.717) is 25.6 Å². The Labute approximate surface area is 185 Å². The summed E-state index contributed by atoms with van der Waals surface area (Å²) < 4.78 is 25.0. The Morgan fingerprint density at radius 2 is 2.06 bits per heavy atom. The highest BCUT2D eigenvalue weighted by atomic mass is 19.1. The van der Waals surface area contributed by atoms with E-state index >= 15 is 0 Å². The van der Waals surface area contributed by atoms with E-state index in [1.54, 1.807) is 19.2 Å². The van der Waals surface area contributed by atoms with Crippen molar-refractivity contribution in [2.24, 2.45) is 11.8 Å². The largest absolute Gasteiger partial charge is 0.465 e. The topological polar surface area (TPSA) is 45.9 Å². The van der Waals surface area contributed by atoms with Crippen LogP contribution in [0.15, 0.2) is 34.7 Å². The highest BCUT2D eigenvalue weighted by Crippen LogP contribution is 2.35. The smallest absolute Gasteiger partial charge is 0.248 e. The quantitative estimate of drug-likeness (QED) is 0.592. The van der Waals surface area contributed by atoms with E-state index in [2.05, 4.69) is 31.7 Å². The summed E-state index contributed by atoms with van der Waals surface area (Å²) in [5, 5.41) is 0. The number of nitrogens with zero attached hydrogens (tertiary/aromatic N) is 2. The summed E-state index contributed by atoms with van der Waals surface area (Å²) >= 11 is 0. The van der Waals surface area contributed by atoms with Crippen molar-refractivity contribution in [1.29, 1.82) is 0 Å². The van der Waals surface area contributed by atoms with Gasteiger partial charge in [0.1, 0.15) is 23.9 Å². The first-order valence-corrected chi connectivity index (χ1v) is 11.1. The van der Waals surface area contributed by atoms with E-state index in [1.165, 1.54) is 6.07 Å². The molecule has 3 rings (SSSR count). The molecule has 5 nitrogen and oxygen atoms in total. The molecule has 1 aliphatic rings. The number of hydrogen-bond donors (Lipinski definition) is 0. The van der Waals surface area contributed by atoms with E-state index in [4.69, 9.17) is 9.15 Å². The van der Waals surface area contributed by atoms with Crippen LogP contribution in [0.4, 0.5) is 4.39 Å². The van der Waals surface area contributed by atoms with Crippen LogP contribution in [0.1, 0.15) is 42.4 Å². The van der Waals surface area contributed by atoms with Gasteiger partial charge in [0.25, 0.3) is 0 Å². The van der Waals surface area contributed by atoms with Crippen molar-refractivity contribution in [1.82, 2.24) is 9.80 Å². The lowest BCUT2D eigenvalue weighted by Crippen LogP contribution is -2.41. The average Bonchev–Trinajstić information content (AvgIpc) is 3.23. The molecule has 1 amide bonds. The number of carbonyl (C=O) groups excluding carboxylic acids is 1. The second-order valence-electron chi connectivity index (χ2n) is 9.19. The molecule has 2 atom stereocenters. The molecule has 0 bridgehead atoms. The van der Waals surface area contributed by atoms with Crippen molar-refractivity contribution in [2.75, 3.05) is 39.9 Å². The lowest BCUT2D eigenvalue weighted by Gasteiger charge is -2.29. The Kier molecular flexibility index (Phi) is 7.89. The molecule has 31 heavy (non-hydrogen) atoms. The number of likely N-dealkylation sites (tertiary alicyclic amines) is 1. The molecule has 6 heteroatoms. The Morgan fingerprint density at radius 1 is 1.29 bits per heavy atom. The summed E-state index contributed by atoms with van der Waals surface area (Å²) in [4.78, 5) is 17.0. The highest BCUT2D eigenvalue weighted by molar-refractivity contribution is 5.77. The highest BCUT2D eigenvalue weighted by Gasteiger charge is 2.36. The summed E-state index contributed by atoms with van der Waals surface area (Å²) in [7, 11) is 1.55. The molecule has 1 fully saturated rings. The molecule has 2 unspecified atom stereocenters. The number of halogens is 1. The fourth-order valence-electron chi connectivity index (χ4n) is 4.55. The molecule has 1 aromatic carbocycles. The van der Waals surface area contributed by atoms with Gasteiger partial charge >= 0.3 is 0 Å². The minimum atomic E-state index is -0.221. The van der Waals surface area contributed by atoms with Gasteiger partial charge in [0, 0.05) is 39.2 Å². The van der Waals surface area contributed by atoms with Gasteiger partial charge < -0.3 is 14.1 Å². The summed E-state index contributed by atoms with van der Waals surface area (Å²) in [6.07, 6.45) is 0.